The molecule has 0 atom stereocenters. The van der Waals surface area contributed by atoms with E-state index in [0.717, 1.165) is 6.54 Å². The molecular formula is C9H11NO2. The molecule has 0 spiro atoms. The number of nitrogens with zero attached hydrogens (tertiary/aromatic N) is 1. The van der Waals surface area contributed by atoms with Gasteiger partial charge in [0.05, 0.1) is 0 Å². The van der Waals surface area contributed by atoms with Gasteiger partial charge in [-0.25, -0.2) is 0 Å². The zero-order valence-corrected chi connectivity index (χ0v) is 6.73. The minimum atomic E-state index is -0.109. The molecule has 0 radical (unpaired) electrons. The summed E-state index contributed by atoms with van der Waals surface area (Å²) in [6.45, 7) is 0.805. The molecule has 64 valence electrons. The van der Waals surface area contributed by atoms with E-state index < -0.39 is 0 Å². The Labute approximate surface area is 70.3 Å². The number of hydrogen-bond acceptors (Lipinski definition) is 2. The van der Waals surface area contributed by atoms with Crippen molar-refractivity contribution in [3.05, 3.63) is 28.7 Å². The van der Waals surface area contributed by atoms with E-state index >= 15 is 0 Å². The summed E-state index contributed by atoms with van der Waals surface area (Å²) in [4.78, 5) is 11.2. The van der Waals surface area contributed by atoms with Crippen molar-refractivity contribution in [1.29, 1.82) is 0 Å². The number of rotatable bonds is 2. The molecule has 12 heavy (non-hydrogen) atoms. The van der Waals surface area contributed by atoms with Crippen LogP contribution in [0, 0.1) is 5.92 Å². The Kier molecular flexibility index (Phi) is 1.64. The lowest BCUT2D eigenvalue weighted by Crippen LogP contribution is -2.18. The van der Waals surface area contributed by atoms with Gasteiger partial charge in [0.15, 0.2) is 0 Å². The SMILES string of the molecule is O=c1cc(O)ccn1CC1CC1. The highest BCUT2D eigenvalue weighted by atomic mass is 16.3. The Balaban J connectivity index is 2.24. The Morgan fingerprint density at radius 3 is 2.92 bits per heavy atom. The predicted molar refractivity (Wildman–Crippen MR) is 45.1 cm³/mol. The number of hydrogen-bond donors (Lipinski definition) is 1. The Morgan fingerprint density at radius 1 is 1.58 bits per heavy atom. The monoisotopic (exact) mass is 165 g/mol. The maximum atomic E-state index is 11.2. The summed E-state index contributed by atoms with van der Waals surface area (Å²) < 4.78 is 1.65. The molecule has 1 aromatic rings. The first-order valence-corrected chi connectivity index (χ1v) is 4.15. The second kappa shape index (κ2) is 2.66. The molecule has 1 fully saturated rings. The van der Waals surface area contributed by atoms with Gasteiger partial charge in [0.2, 0.25) is 0 Å². The number of aromatic nitrogens is 1. The minimum absolute atomic E-state index is 0.0482. The fraction of sp³-hybridized carbons (Fsp3) is 0.444. The third kappa shape index (κ3) is 1.49. The van der Waals surface area contributed by atoms with Gasteiger partial charge in [-0.05, 0) is 24.8 Å². The Hall–Kier alpha value is -1.25. The lowest BCUT2D eigenvalue weighted by atomic mass is 10.4. The molecule has 0 aromatic carbocycles. The van der Waals surface area contributed by atoms with Gasteiger partial charge >= 0.3 is 0 Å². The van der Waals surface area contributed by atoms with Crippen LogP contribution in [-0.4, -0.2) is 9.67 Å². The fourth-order valence-electron chi connectivity index (χ4n) is 1.23. The van der Waals surface area contributed by atoms with Gasteiger partial charge in [-0.15, -0.1) is 0 Å². The van der Waals surface area contributed by atoms with Crippen molar-refractivity contribution in [2.45, 2.75) is 19.4 Å². The highest BCUT2D eigenvalue weighted by Crippen LogP contribution is 2.29. The number of pyridine rings is 1. The molecule has 0 amide bonds. The van der Waals surface area contributed by atoms with E-state index in [2.05, 4.69) is 0 Å². The average Bonchev–Trinajstić information content (AvgIpc) is 2.79. The van der Waals surface area contributed by atoms with E-state index in [9.17, 15) is 4.79 Å². The zero-order valence-electron chi connectivity index (χ0n) is 6.73. The molecule has 0 unspecified atom stereocenters. The minimum Gasteiger partial charge on any atom is -0.508 e. The molecule has 1 aliphatic rings. The van der Waals surface area contributed by atoms with E-state index in [1.165, 1.54) is 18.9 Å². The Morgan fingerprint density at radius 2 is 2.33 bits per heavy atom. The van der Waals surface area contributed by atoms with Crippen molar-refractivity contribution in [3.8, 4) is 5.75 Å². The normalized spacial score (nSPS) is 16.3. The van der Waals surface area contributed by atoms with Gasteiger partial charge in [-0.1, -0.05) is 0 Å². The molecule has 1 aliphatic carbocycles. The summed E-state index contributed by atoms with van der Waals surface area (Å²) in [5.41, 5.74) is -0.109. The highest BCUT2D eigenvalue weighted by molar-refractivity contribution is 5.15. The van der Waals surface area contributed by atoms with E-state index in [1.807, 2.05) is 0 Å². The van der Waals surface area contributed by atoms with Crippen LogP contribution in [0.3, 0.4) is 0 Å². The molecule has 3 nitrogen and oxygen atoms in total. The quantitative estimate of drug-likeness (QED) is 0.709. The number of aromatic hydroxyl groups is 1. The molecule has 1 heterocycles. The summed E-state index contributed by atoms with van der Waals surface area (Å²) in [5.74, 6) is 0.735. The van der Waals surface area contributed by atoms with E-state index in [4.69, 9.17) is 5.11 Å². The van der Waals surface area contributed by atoms with E-state index in [-0.39, 0.29) is 11.3 Å². The van der Waals surface area contributed by atoms with Crippen LogP contribution < -0.4 is 5.56 Å². The van der Waals surface area contributed by atoms with Crippen molar-refractivity contribution < 1.29 is 5.11 Å². The first-order valence-electron chi connectivity index (χ1n) is 4.15. The smallest absolute Gasteiger partial charge is 0.254 e. The van der Waals surface area contributed by atoms with Gasteiger partial charge in [0.1, 0.15) is 5.75 Å². The predicted octanol–water partition coefficient (Wildman–Crippen LogP) is 0.964. The molecular weight excluding hydrogens is 154 g/mol. The first-order chi connectivity index (χ1) is 5.75. The van der Waals surface area contributed by atoms with Crippen LogP contribution in [0.1, 0.15) is 12.8 Å². The summed E-state index contributed by atoms with van der Waals surface area (Å²) in [7, 11) is 0. The first kappa shape index (κ1) is 7.40. The second-order valence-corrected chi connectivity index (χ2v) is 3.32. The fourth-order valence-corrected chi connectivity index (χ4v) is 1.23. The van der Waals surface area contributed by atoms with E-state index in [0.29, 0.717) is 5.92 Å². The molecule has 3 heteroatoms. The van der Waals surface area contributed by atoms with Crippen LogP contribution in [0.5, 0.6) is 5.75 Å². The van der Waals surface area contributed by atoms with Crippen LogP contribution >= 0.6 is 0 Å². The second-order valence-electron chi connectivity index (χ2n) is 3.32. The standard InChI is InChI=1S/C9H11NO2/c11-8-3-4-10(9(12)5-8)6-7-1-2-7/h3-5,7,11H,1-2,6H2. The van der Waals surface area contributed by atoms with Crippen molar-refractivity contribution in [2.24, 2.45) is 5.92 Å². The van der Waals surface area contributed by atoms with Gasteiger partial charge in [-0.2, -0.15) is 0 Å². The van der Waals surface area contributed by atoms with Crippen molar-refractivity contribution in [1.82, 2.24) is 4.57 Å². The average molecular weight is 165 g/mol. The van der Waals surface area contributed by atoms with Crippen molar-refractivity contribution in [3.63, 3.8) is 0 Å². The third-order valence-corrected chi connectivity index (χ3v) is 2.13. The molecule has 1 N–H and O–H groups in total. The molecule has 0 bridgehead atoms. The molecule has 0 saturated heterocycles. The third-order valence-electron chi connectivity index (χ3n) is 2.13. The lowest BCUT2D eigenvalue weighted by Gasteiger charge is -2.02. The van der Waals surface area contributed by atoms with Gasteiger partial charge in [0.25, 0.3) is 5.56 Å². The van der Waals surface area contributed by atoms with Crippen LogP contribution in [0.25, 0.3) is 0 Å². The zero-order chi connectivity index (χ0) is 8.55. The van der Waals surface area contributed by atoms with Crippen molar-refractivity contribution >= 4 is 0 Å². The van der Waals surface area contributed by atoms with Gasteiger partial charge in [0, 0.05) is 18.8 Å². The Bertz CT molecular complexity index is 339. The highest BCUT2D eigenvalue weighted by Gasteiger charge is 2.21. The summed E-state index contributed by atoms with van der Waals surface area (Å²) in [6, 6.07) is 2.80. The lowest BCUT2D eigenvalue weighted by molar-refractivity contribution is 0.469. The topological polar surface area (TPSA) is 42.2 Å². The van der Waals surface area contributed by atoms with Gasteiger partial charge < -0.3 is 9.67 Å². The van der Waals surface area contributed by atoms with Crippen LogP contribution in [0.15, 0.2) is 23.1 Å². The van der Waals surface area contributed by atoms with Crippen LogP contribution in [-0.2, 0) is 6.54 Å². The summed E-state index contributed by atoms with van der Waals surface area (Å²) in [5, 5.41) is 8.97. The van der Waals surface area contributed by atoms with Crippen LogP contribution in [0.2, 0.25) is 0 Å². The largest absolute Gasteiger partial charge is 0.508 e. The molecule has 2 rings (SSSR count). The van der Waals surface area contributed by atoms with Crippen molar-refractivity contribution in [2.75, 3.05) is 0 Å². The maximum absolute atomic E-state index is 11.2. The maximum Gasteiger partial charge on any atom is 0.254 e. The van der Waals surface area contributed by atoms with E-state index in [1.54, 1.807) is 16.8 Å². The summed E-state index contributed by atoms with van der Waals surface area (Å²) in [6.07, 6.45) is 4.11. The van der Waals surface area contributed by atoms with Crippen LogP contribution in [0.4, 0.5) is 0 Å². The van der Waals surface area contributed by atoms with Gasteiger partial charge in [-0.3, -0.25) is 4.79 Å². The summed E-state index contributed by atoms with van der Waals surface area (Å²) >= 11 is 0. The molecule has 1 aromatic heterocycles. The molecule has 0 aliphatic heterocycles. The molecule has 1 saturated carbocycles.